The average molecular weight is 397 g/mol. The molecule has 0 fully saturated rings. The predicted molar refractivity (Wildman–Crippen MR) is 113 cm³/mol. The SMILES string of the molecule is CCCOc1ccc(/C=C/C(=O)Nc2ccc(C(=O)OCC)cc2OCC)cc1. The number of carbonyl (C=O) groups excluding carboxylic acids is 2. The van der Waals surface area contributed by atoms with Crippen LogP contribution in [0.3, 0.4) is 0 Å². The van der Waals surface area contributed by atoms with Crippen LogP contribution in [0.15, 0.2) is 48.5 Å². The quantitative estimate of drug-likeness (QED) is 0.465. The zero-order chi connectivity index (χ0) is 21.1. The summed E-state index contributed by atoms with van der Waals surface area (Å²) in [6.07, 6.45) is 4.11. The summed E-state index contributed by atoms with van der Waals surface area (Å²) in [5, 5.41) is 2.78. The van der Waals surface area contributed by atoms with Gasteiger partial charge in [0.2, 0.25) is 5.91 Å². The van der Waals surface area contributed by atoms with Gasteiger partial charge in [-0.15, -0.1) is 0 Å². The van der Waals surface area contributed by atoms with E-state index in [4.69, 9.17) is 14.2 Å². The van der Waals surface area contributed by atoms with Gasteiger partial charge in [-0.2, -0.15) is 0 Å². The van der Waals surface area contributed by atoms with Crippen LogP contribution in [0.1, 0.15) is 43.1 Å². The molecule has 0 saturated carbocycles. The van der Waals surface area contributed by atoms with Crippen molar-refractivity contribution in [2.75, 3.05) is 25.1 Å². The molecule has 2 rings (SSSR count). The molecule has 2 aromatic carbocycles. The van der Waals surface area contributed by atoms with E-state index in [2.05, 4.69) is 12.2 Å². The Morgan fingerprint density at radius 1 is 0.966 bits per heavy atom. The van der Waals surface area contributed by atoms with E-state index in [1.54, 1.807) is 31.2 Å². The molecule has 154 valence electrons. The highest BCUT2D eigenvalue weighted by Gasteiger charge is 2.12. The molecule has 29 heavy (non-hydrogen) atoms. The molecule has 0 unspecified atom stereocenters. The zero-order valence-corrected chi connectivity index (χ0v) is 17.1. The standard InChI is InChI=1S/C23H27NO5/c1-4-15-29-19-11-7-17(8-12-19)9-14-22(25)24-20-13-10-18(23(26)28-6-3)16-21(20)27-5-2/h7-14,16H,4-6,15H2,1-3H3,(H,24,25)/b14-9+. The van der Waals surface area contributed by atoms with Gasteiger partial charge in [0.15, 0.2) is 0 Å². The molecule has 1 N–H and O–H groups in total. The number of carbonyl (C=O) groups is 2. The number of hydrogen-bond donors (Lipinski definition) is 1. The van der Waals surface area contributed by atoms with Crippen molar-refractivity contribution in [3.05, 3.63) is 59.7 Å². The lowest BCUT2D eigenvalue weighted by molar-refractivity contribution is -0.111. The smallest absolute Gasteiger partial charge is 0.338 e. The van der Waals surface area contributed by atoms with Crippen LogP contribution < -0.4 is 14.8 Å². The maximum absolute atomic E-state index is 12.3. The van der Waals surface area contributed by atoms with E-state index in [1.807, 2.05) is 31.2 Å². The van der Waals surface area contributed by atoms with Gasteiger partial charge >= 0.3 is 5.97 Å². The van der Waals surface area contributed by atoms with Gasteiger partial charge in [0.25, 0.3) is 0 Å². The Hall–Kier alpha value is -3.28. The number of ether oxygens (including phenoxy) is 3. The number of esters is 1. The molecule has 6 nitrogen and oxygen atoms in total. The summed E-state index contributed by atoms with van der Waals surface area (Å²) < 4.78 is 16.1. The fourth-order valence-electron chi connectivity index (χ4n) is 2.48. The lowest BCUT2D eigenvalue weighted by Gasteiger charge is -2.12. The molecular weight excluding hydrogens is 370 g/mol. The molecular formula is C23H27NO5. The van der Waals surface area contributed by atoms with E-state index in [-0.39, 0.29) is 12.5 Å². The van der Waals surface area contributed by atoms with Crippen LogP contribution in [0, 0.1) is 0 Å². The summed E-state index contributed by atoms with van der Waals surface area (Å²) in [7, 11) is 0. The third kappa shape index (κ3) is 6.99. The summed E-state index contributed by atoms with van der Waals surface area (Å²) in [5.74, 6) is 0.479. The molecule has 0 atom stereocenters. The molecule has 0 saturated heterocycles. The molecule has 0 aliphatic carbocycles. The van der Waals surface area contributed by atoms with Crippen molar-refractivity contribution in [1.82, 2.24) is 0 Å². The Morgan fingerprint density at radius 2 is 1.72 bits per heavy atom. The third-order valence-corrected chi connectivity index (χ3v) is 3.83. The minimum atomic E-state index is -0.433. The number of hydrogen-bond acceptors (Lipinski definition) is 5. The Bertz CT molecular complexity index is 843. The van der Waals surface area contributed by atoms with Gasteiger partial charge in [0, 0.05) is 6.08 Å². The number of anilines is 1. The molecule has 6 heteroatoms. The Labute approximate surface area is 171 Å². The second-order valence-electron chi connectivity index (χ2n) is 6.10. The summed E-state index contributed by atoms with van der Waals surface area (Å²) >= 11 is 0. The Balaban J connectivity index is 2.05. The summed E-state index contributed by atoms with van der Waals surface area (Å²) in [6, 6.07) is 12.3. The molecule has 0 radical (unpaired) electrons. The van der Waals surface area contributed by atoms with Crippen LogP contribution in [0.4, 0.5) is 5.69 Å². The highest BCUT2D eigenvalue weighted by atomic mass is 16.5. The Morgan fingerprint density at radius 3 is 2.38 bits per heavy atom. The van der Waals surface area contributed by atoms with Crippen molar-refractivity contribution < 1.29 is 23.8 Å². The van der Waals surface area contributed by atoms with Crippen molar-refractivity contribution in [2.24, 2.45) is 0 Å². The van der Waals surface area contributed by atoms with E-state index in [0.717, 1.165) is 17.7 Å². The topological polar surface area (TPSA) is 73.9 Å². The third-order valence-electron chi connectivity index (χ3n) is 3.83. The fraction of sp³-hybridized carbons (Fsp3) is 0.304. The molecule has 0 aromatic heterocycles. The van der Waals surface area contributed by atoms with Crippen molar-refractivity contribution in [3.63, 3.8) is 0 Å². The van der Waals surface area contributed by atoms with E-state index in [1.165, 1.54) is 6.08 Å². The van der Waals surface area contributed by atoms with Crippen LogP contribution >= 0.6 is 0 Å². The van der Waals surface area contributed by atoms with Crippen molar-refractivity contribution in [1.29, 1.82) is 0 Å². The normalized spacial score (nSPS) is 10.6. The van der Waals surface area contributed by atoms with Gasteiger partial charge in [-0.1, -0.05) is 19.1 Å². The van der Waals surface area contributed by atoms with Crippen LogP contribution in [0.25, 0.3) is 6.08 Å². The van der Waals surface area contributed by atoms with Crippen molar-refractivity contribution in [2.45, 2.75) is 27.2 Å². The van der Waals surface area contributed by atoms with E-state index >= 15 is 0 Å². The molecule has 0 heterocycles. The van der Waals surface area contributed by atoms with Crippen molar-refractivity contribution in [3.8, 4) is 11.5 Å². The minimum Gasteiger partial charge on any atom is -0.494 e. The molecule has 1 amide bonds. The van der Waals surface area contributed by atoms with E-state index < -0.39 is 5.97 Å². The van der Waals surface area contributed by atoms with Crippen LogP contribution in [-0.4, -0.2) is 31.7 Å². The number of amides is 1. The first-order valence-electron chi connectivity index (χ1n) is 9.73. The molecule has 0 bridgehead atoms. The summed E-state index contributed by atoms with van der Waals surface area (Å²) in [5.41, 5.74) is 1.73. The summed E-state index contributed by atoms with van der Waals surface area (Å²) in [4.78, 5) is 24.2. The van der Waals surface area contributed by atoms with Gasteiger partial charge in [0.05, 0.1) is 31.1 Å². The average Bonchev–Trinajstić information content (AvgIpc) is 2.73. The maximum Gasteiger partial charge on any atom is 0.338 e. The maximum atomic E-state index is 12.3. The molecule has 0 spiro atoms. The van der Waals surface area contributed by atoms with E-state index in [9.17, 15) is 9.59 Å². The van der Waals surface area contributed by atoms with Gasteiger partial charge in [-0.3, -0.25) is 4.79 Å². The number of nitrogens with one attached hydrogen (secondary N) is 1. The highest BCUT2D eigenvalue weighted by Crippen LogP contribution is 2.26. The first-order chi connectivity index (χ1) is 14.1. The first-order valence-corrected chi connectivity index (χ1v) is 9.73. The lowest BCUT2D eigenvalue weighted by Crippen LogP contribution is -2.11. The largest absolute Gasteiger partial charge is 0.494 e. The van der Waals surface area contributed by atoms with Gasteiger partial charge in [-0.05, 0) is 62.2 Å². The monoisotopic (exact) mass is 397 g/mol. The van der Waals surface area contributed by atoms with Crippen molar-refractivity contribution >= 4 is 23.6 Å². The first kappa shape index (κ1) is 22.0. The molecule has 0 aliphatic heterocycles. The number of benzene rings is 2. The minimum absolute atomic E-state index is 0.289. The fourth-order valence-corrected chi connectivity index (χ4v) is 2.48. The summed E-state index contributed by atoms with van der Waals surface area (Å²) in [6.45, 7) is 6.99. The van der Waals surface area contributed by atoms with Crippen LogP contribution in [-0.2, 0) is 9.53 Å². The second kappa shape index (κ2) is 11.5. The van der Waals surface area contributed by atoms with Crippen LogP contribution in [0.5, 0.6) is 11.5 Å². The van der Waals surface area contributed by atoms with Gasteiger partial charge < -0.3 is 19.5 Å². The molecule has 0 aliphatic rings. The second-order valence-corrected chi connectivity index (χ2v) is 6.10. The highest BCUT2D eigenvalue weighted by molar-refractivity contribution is 6.03. The lowest BCUT2D eigenvalue weighted by atomic mass is 10.1. The zero-order valence-electron chi connectivity index (χ0n) is 17.1. The predicted octanol–water partition coefficient (Wildman–Crippen LogP) is 4.70. The molecule has 2 aromatic rings. The van der Waals surface area contributed by atoms with E-state index in [0.29, 0.717) is 30.2 Å². The Kier molecular flexibility index (Phi) is 8.76. The van der Waals surface area contributed by atoms with Crippen LogP contribution in [0.2, 0.25) is 0 Å². The number of rotatable bonds is 10. The van der Waals surface area contributed by atoms with Gasteiger partial charge in [0.1, 0.15) is 11.5 Å². The van der Waals surface area contributed by atoms with Gasteiger partial charge in [-0.25, -0.2) is 4.79 Å².